The molecule has 2 rings (SSSR count). The Balaban J connectivity index is 2.17. The first kappa shape index (κ1) is 11.4. The Kier molecular flexibility index (Phi) is 3.46. The van der Waals surface area contributed by atoms with Gasteiger partial charge in [0.2, 0.25) is 0 Å². The standard InChI is InChI=1S/C10H15ClN4O/c1-6-7(3-4-16-6)15-10-8(12-2)9(11)13-5-14-10/h5-7,12H,3-4H2,1-2H3,(H,13,14,15). The molecular weight excluding hydrogens is 228 g/mol. The van der Waals surface area contributed by atoms with Gasteiger partial charge in [-0.3, -0.25) is 0 Å². The van der Waals surface area contributed by atoms with E-state index in [1.807, 2.05) is 6.92 Å². The normalized spacial score (nSPS) is 24.4. The summed E-state index contributed by atoms with van der Waals surface area (Å²) in [6.07, 6.45) is 2.62. The Morgan fingerprint density at radius 3 is 2.94 bits per heavy atom. The molecule has 0 aliphatic carbocycles. The van der Waals surface area contributed by atoms with E-state index >= 15 is 0 Å². The average molecular weight is 243 g/mol. The summed E-state index contributed by atoms with van der Waals surface area (Å²) in [5.41, 5.74) is 0.725. The summed E-state index contributed by atoms with van der Waals surface area (Å²) >= 11 is 5.97. The third-order valence-corrected chi connectivity index (χ3v) is 3.04. The molecule has 1 aliphatic heterocycles. The molecule has 1 saturated heterocycles. The topological polar surface area (TPSA) is 59.1 Å². The first-order valence-corrected chi connectivity index (χ1v) is 5.66. The molecule has 2 N–H and O–H groups in total. The molecule has 0 spiro atoms. The van der Waals surface area contributed by atoms with Gasteiger partial charge in [-0.25, -0.2) is 9.97 Å². The van der Waals surface area contributed by atoms with Crippen LogP contribution in [-0.4, -0.2) is 35.8 Å². The van der Waals surface area contributed by atoms with E-state index in [1.54, 1.807) is 7.05 Å². The highest BCUT2D eigenvalue weighted by Gasteiger charge is 2.25. The molecule has 1 fully saturated rings. The quantitative estimate of drug-likeness (QED) is 0.791. The Labute approximate surface area is 99.6 Å². The van der Waals surface area contributed by atoms with Crippen LogP contribution in [0.3, 0.4) is 0 Å². The number of nitrogens with one attached hydrogen (secondary N) is 2. The molecule has 2 heterocycles. The van der Waals surface area contributed by atoms with Gasteiger partial charge in [0, 0.05) is 13.7 Å². The molecule has 16 heavy (non-hydrogen) atoms. The van der Waals surface area contributed by atoms with Crippen molar-refractivity contribution in [3.63, 3.8) is 0 Å². The van der Waals surface area contributed by atoms with Crippen LogP contribution in [0.1, 0.15) is 13.3 Å². The van der Waals surface area contributed by atoms with Gasteiger partial charge < -0.3 is 15.4 Å². The second-order valence-corrected chi connectivity index (χ2v) is 4.11. The maximum atomic E-state index is 5.97. The van der Waals surface area contributed by atoms with E-state index in [4.69, 9.17) is 16.3 Å². The Morgan fingerprint density at radius 2 is 2.31 bits per heavy atom. The molecule has 0 saturated carbocycles. The Hall–Kier alpha value is -1.07. The van der Waals surface area contributed by atoms with Gasteiger partial charge in [0.05, 0.1) is 12.1 Å². The summed E-state index contributed by atoms with van der Waals surface area (Å²) in [5.74, 6) is 0.727. The summed E-state index contributed by atoms with van der Waals surface area (Å²) in [7, 11) is 1.80. The highest BCUT2D eigenvalue weighted by atomic mass is 35.5. The van der Waals surface area contributed by atoms with Crippen LogP contribution < -0.4 is 10.6 Å². The molecule has 0 amide bonds. The lowest BCUT2D eigenvalue weighted by molar-refractivity contribution is 0.121. The fraction of sp³-hybridized carbons (Fsp3) is 0.600. The fourth-order valence-electron chi connectivity index (χ4n) is 1.79. The lowest BCUT2D eigenvalue weighted by Gasteiger charge is -2.18. The van der Waals surface area contributed by atoms with Crippen LogP contribution in [0.25, 0.3) is 0 Å². The molecule has 1 aromatic heterocycles. The Bertz CT molecular complexity index is 374. The molecule has 6 heteroatoms. The van der Waals surface area contributed by atoms with Crippen molar-refractivity contribution in [2.24, 2.45) is 0 Å². The van der Waals surface area contributed by atoms with Crippen molar-refractivity contribution in [3.8, 4) is 0 Å². The van der Waals surface area contributed by atoms with Crippen LogP contribution in [0.4, 0.5) is 11.5 Å². The SMILES string of the molecule is CNc1c(Cl)ncnc1NC1CCOC1C. The van der Waals surface area contributed by atoms with Gasteiger partial charge in [-0.15, -0.1) is 0 Å². The van der Waals surface area contributed by atoms with Crippen LogP contribution in [0.15, 0.2) is 6.33 Å². The molecule has 2 unspecified atom stereocenters. The van der Waals surface area contributed by atoms with Crippen molar-refractivity contribution in [2.45, 2.75) is 25.5 Å². The van der Waals surface area contributed by atoms with Gasteiger partial charge in [-0.05, 0) is 13.3 Å². The zero-order valence-corrected chi connectivity index (χ0v) is 10.1. The lowest BCUT2D eigenvalue weighted by Crippen LogP contribution is -2.27. The molecule has 1 aromatic rings. The highest BCUT2D eigenvalue weighted by Crippen LogP contribution is 2.27. The van der Waals surface area contributed by atoms with E-state index in [0.29, 0.717) is 5.15 Å². The maximum absolute atomic E-state index is 5.97. The van der Waals surface area contributed by atoms with Crippen LogP contribution >= 0.6 is 11.6 Å². The van der Waals surface area contributed by atoms with Gasteiger partial charge in [-0.1, -0.05) is 11.6 Å². The van der Waals surface area contributed by atoms with E-state index in [9.17, 15) is 0 Å². The minimum Gasteiger partial charge on any atom is -0.383 e. The van der Waals surface area contributed by atoms with Gasteiger partial charge >= 0.3 is 0 Å². The fourth-order valence-corrected chi connectivity index (χ4v) is 2.02. The maximum Gasteiger partial charge on any atom is 0.157 e. The van der Waals surface area contributed by atoms with Crippen LogP contribution in [0.5, 0.6) is 0 Å². The van der Waals surface area contributed by atoms with Gasteiger partial charge in [0.1, 0.15) is 12.0 Å². The van der Waals surface area contributed by atoms with Crippen LogP contribution in [0.2, 0.25) is 5.15 Å². The molecule has 5 nitrogen and oxygen atoms in total. The van der Waals surface area contributed by atoms with Crippen molar-refractivity contribution in [1.82, 2.24) is 9.97 Å². The van der Waals surface area contributed by atoms with E-state index in [1.165, 1.54) is 6.33 Å². The second kappa shape index (κ2) is 4.84. The van der Waals surface area contributed by atoms with Crippen LogP contribution in [-0.2, 0) is 4.74 Å². The summed E-state index contributed by atoms with van der Waals surface area (Å²) in [5, 5.41) is 6.74. The van der Waals surface area contributed by atoms with Gasteiger partial charge in [-0.2, -0.15) is 0 Å². The van der Waals surface area contributed by atoms with Gasteiger partial charge in [0.15, 0.2) is 11.0 Å². The summed E-state index contributed by atoms with van der Waals surface area (Å²) < 4.78 is 5.48. The molecule has 0 aromatic carbocycles. The third-order valence-electron chi connectivity index (χ3n) is 2.75. The zero-order chi connectivity index (χ0) is 11.5. The summed E-state index contributed by atoms with van der Waals surface area (Å²) in [6.45, 7) is 2.83. The number of anilines is 2. The molecular formula is C10H15ClN4O. The number of hydrogen-bond acceptors (Lipinski definition) is 5. The predicted octanol–water partition coefficient (Wildman–Crippen LogP) is 1.76. The molecule has 2 atom stereocenters. The minimum atomic E-state index is 0.193. The average Bonchev–Trinajstić information content (AvgIpc) is 2.65. The number of aromatic nitrogens is 2. The molecule has 0 radical (unpaired) electrons. The van der Waals surface area contributed by atoms with Crippen LogP contribution in [0, 0.1) is 0 Å². The number of rotatable bonds is 3. The van der Waals surface area contributed by atoms with Crippen molar-refractivity contribution in [2.75, 3.05) is 24.3 Å². The van der Waals surface area contributed by atoms with E-state index in [0.717, 1.165) is 24.5 Å². The first-order valence-electron chi connectivity index (χ1n) is 5.28. The van der Waals surface area contributed by atoms with Crippen molar-refractivity contribution in [3.05, 3.63) is 11.5 Å². The highest BCUT2D eigenvalue weighted by molar-refractivity contribution is 6.32. The monoisotopic (exact) mass is 242 g/mol. The predicted molar refractivity (Wildman–Crippen MR) is 64.0 cm³/mol. The van der Waals surface area contributed by atoms with Crippen molar-refractivity contribution >= 4 is 23.1 Å². The minimum absolute atomic E-state index is 0.193. The second-order valence-electron chi connectivity index (χ2n) is 3.75. The van der Waals surface area contributed by atoms with E-state index < -0.39 is 0 Å². The summed E-state index contributed by atoms with van der Waals surface area (Å²) in [6, 6.07) is 0.276. The Morgan fingerprint density at radius 1 is 1.50 bits per heavy atom. The van der Waals surface area contributed by atoms with Crippen molar-refractivity contribution in [1.29, 1.82) is 0 Å². The van der Waals surface area contributed by atoms with Crippen molar-refractivity contribution < 1.29 is 4.74 Å². The first-order chi connectivity index (χ1) is 7.72. The largest absolute Gasteiger partial charge is 0.383 e. The smallest absolute Gasteiger partial charge is 0.157 e. The molecule has 88 valence electrons. The zero-order valence-electron chi connectivity index (χ0n) is 9.33. The lowest BCUT2D eigenvalue weighted by atomic mass is 10.1. The van der Waals surface area contributed by atoms with E-state index in [-0.39, 0.29) is 12.1 Å². The number of hydrogen-bond donors (Lipinski definition) is 2. The molecule has 0 bridgehead atoms. The number of nitrogens with zero attached hydrogens (tertiary/aromatic N) is 2. The summed E-state index contributed by atoms with van der Waals surface area (Å²) in [4.78, 5) is 8.11. The van der Waals surface area contributed by atoms with E-state index in [2.05, 4.69) is 20.6 Å². The third kappa shape index (κ3) is 2.20. The van der Waals surface area contributed by atoms with Gasteiger partial charge in [0.25, 0.3) is 0 Å². The number of halogens is 1. The number of ether oxygens (including phenoxy) is 1. The molecule has 1 aliphatic rings.